The van der Waals surface area contributed by atoms with Gasteiger partial charge in [0, 0.05) is 17.7 Å². The van der Waals surface area contributed by atoms with Gasteiger partial charge in [0.2, 0.25) is 11.2 Å². The Morgan fingerprint density at radius 3 is 3.00 bits per heavy atom. The maximum Gasteiger partial charge on any atom is 0.226 e. The van der Waals surface area contributed by atoms with E-state index >= 15 is 0 Å². The number of aromatic nitrogens is 2. The molecular weight excluding hydrogens is 272 g/mol. The third-order valence-corrected chi connectivity index (χ3v) is 3.39. The van der Waals surface area contributed by atoms with Crippen LogP contribution in [-0.2, 0) is 0 Å². The normalized spacial score (nSPS) is 10.6. The molecule has 96 valence electrons. The summed E-state index contributed by atoms with van der Waals surface area (Å²) >= 11 is 7.38. The summed E-state index contributed by atoms with van der Waals surface area (Å²) in [5.41, 5.74) is 0.846. The second kappa shape index (κ2) is 6.68. The summed E-state index contributed by atoms with van der Waals surface area (Å²) in [5, 5.41) is 10.9. The molecule has 0 bridgehead atoms. The SMILES string of the molecule is OCCCCOc1nc(Cl)ncc1-c1cccs1. The van der Waals surface area contributed by atoms with Crippen LogP contribution in [0.5, 0.6) is 5.88 Å². The van der Waals surface area contributed by atoms with Crippen molar-refractivity contribution in [1.82, 2.24) is 9.97 Å². The first-order valence-corrected chi connectivity index (χ1v) is 6.87. The highest BCUT2D eigenvalue weighted by molar-refractivity contribution is 7.13. The van der Waals surface area contributed by atoms with Crippen LogP contribution in [0.1, 0.15) is 12.8 Å². The fraction of sp³-hybridized carbons (Fsp3) is 0.333. The molecule has 2 aromatic heterocycles. The molecule has 4 nitrogen and oxygen atoms in total. The maximum absolute atomic E-state index is 8.71. The zero-order valence-corrected chi connectivity index (χ0v) is 11.2. The van der Waals surface area contributed by atoms with Gasteiger partial charge in [-0.1, -0.05) is 6.07 Å². The van der Waals surface area contributed by atoms with Crippen molar-refractivity contribution in [2.75, 3.05) is 13.2 Å². The van der Waals surface area contributed by atoms with Crippen LogP contribution in [0.4, 0.5) is 0 Å². The minimum atomic E-state index is 0.172. The number of aliphatic hydroxyl groups is 1. The first-order valence-electron chi connectivity index (χ1n) is 5.61. The van der Waals surface area contributed by atoms with Gasteiger partial charge in [0.25, 0.3) is 0 Å². The molecule has 0 saturated heterocycles. The van der Waals surface area contributed by atoms with E-state index < -0.39 is 0 Å². The standard InChI is InChI=1S/C12H13ClN2O2S/c13-12-14-8-9(10-4-3-7-18-10)11(15-12)17-6-2-1-5-16/h3-4,7-8,16H,1-2,5-6H2. The topological polar surface area (TPSA) is 55.2 Å². The zero-order chi connectivity index (χ0) is 12.8. The molecule has 0 fully saturated rings. The van der Waals surface area contributed by atoms with Crippen molar-refractivity contribution < 1.29 is 9.84 Å². The van der Waals surface area contributed by atoms with Gasteiger partial charge in [-0.2, -0.15) is 4.98 Å². The van der Waals surface area contributed by atoms with Gasteiger partial charge in [-0.05, 0) is 35.9 Å². The maximum atomic E-state index is 8.71. The first-order chi connectivity index (χ1) is 8.81. The number of hydrogen-bond donors (Lipinski definition) is 1. The largest absolute Gasteiger partial charge is 0.477 e. The van der Waals surface area contributed by atoms with E-state index in [0.717, 1.165) is 16.9 Å². The molecule has 2 rings (SSSR count). The predicted molar refractivity (Wildman–Crippen MR) is 72.2 cm³/mol. The second-order valence-electron chi connectivity index (χ2n) is 3.61. The Labute approximate surface area is 114 Å². The zero-order valence-electron chi connectivity index (χ0n) is 9.67. The first kappa shape index (κ1) is 13.3. The fourth-order valence-electron chi connectivity index (χ4n) is 1.44. The third kappa shape index (κ3) is 3.41. The van der Waals surface area contributed by atoms with Crippen molar-refractivity contribution >= 4 is 22.9 Å². The third-order valence-electron chi connectivity index (χ3n) is 2.30. The van der Waals surface area contributed by atoms with Crippen molar-refractivity contribution in [2.24, 2.45) is 0 Å². The number of rotatable bonds is 6. The lowest BCUT2D eigenvalue weighted by atomic mass is 10.2. The van der Waals surface area contributed by atoms with Gasteiger partial charge < -0.3 is 9.84 Å². The van der Waals surface area contributed by atoms with Gasteiger partial charge in [-0.15, -0.1) is 11.3 Å². The highest BCUT2D eigenvalue weighted by Crippen LogP contribution is 2.31. The van der Waals surface area contributed by atoms with Crippen molar-refractivity contribution in [2.45, 2.75) is 12.8 Å². The van der Waals surface area contributed by atoms with Crippen LogP contribution in [0.3, 0.4) is 0 Å². The Balaban J connectivity index is 2.14. The van der Waals surface area contributed by atoms with Gasteiger partial charge in [0.15, 0.2) is 0 Å². The molecule has 0 amide bonds. The van der Waals surface area contributed by atoms with Gasteiger partial charge >= 0.3 is 0 Å². The number of unbranched alkanes of at least 4 members (excludes halogenated alkanes) is 1. The molecule has 0 aliphatic heterocycles. The van der Waals surface area contributed by atoms with Crippen LogP contribution >= 0.6 is 22.9 Å². The van der Waals surface area contributed by atoms with Gasteiger partial charge in [0.05, 0.1) is 12.2 Å². The summed E-state index contributed by atoms with van der Waals surface area (Å²) in [6.07, 6.45) is 3.16. The summed E-state index contributed by atoms with van der Waals surface area (Å²) in [7, 11) is 0. The van der Waals surface area contributed by atoms with E-state index in [-0.39, 0.29) is 11.9 Å². The monoisotopic (exact) mass is 284 g/mol. The van der Waals surface area contributed by atoms with Crippen LogP contribution in [0, 0.1) is 0 Å². The van der Waals surface area contributed by atoms with Gasteiger partial charge in [-0.25, -0.2) is 4.98 Å². The van der Waals surface area contributed by atoms with Crippen molar-refractivity contribution in [1.29, 1.82) is 0 Å². The van der Waals surface area contributed by atoms with Crippen molar-refractivity contribution in [3.8, 4) is 16.3 Å². The van der Waals surface area contributed by atoms with E-state index in [1.165, 1.54) is 0 Å². The molecule has 2 aromatic rings. The number of nitrogens with zero attached hydrogens (tertiary/aromatic N) is 2. The summed E-state index contributed by atoms with van der Waals surface area (Å²) in [6, 6.07) is 3.95. The van der Waals surface area contributed by atoms with Crippen molar-refractivity contribution in [3.63, 3.8) is 0 Å². The van der Waals surface area contributed by atoms with Gasteiger partial charge in [0.1, 0.15) is 0 Å². The summed E-state index contributed by atoms with van der Waals surface area (Å²) in [4.78, 5) is 9.13. The molecule has 2 heterocycles. The molecule has 18 heavy (non-hydrogen) atoms. The number of halogens is 1. The van der Waals surface area contributed by atoms with E-state index in [0.29, 0.717) is 18.9 Å². The molecule has 0 atom stereocenters. The predicted octanol–water partition coefficient (Wildman–Crippen LogP) is 3.01. The molecule has 0 aromatic carbocycles. The fourth-order valence-corrected chi connectivity index (χ4v) is 2.29. The van der Waals surface area contributed by atoms with Crippen LogP contribution < -0.4 is 4.74 Å². The molecular formula is C12H13ClN2O2S. The molecule has 6 heteroatoms. The molecule has 0 aliphatic carbocycles. The van der Waals surface area contributed by atoms with Crippen LogP contribution in [0.25, 0.3) is 10.4 Å². The smallest absolute Gasteiger partial charge is 0.226 e. The Kier molecular flexibility index (Phi) is 4.92. The molecule has 0 saturated carbocycles. The summed E-state index contributed by atoms with van der Waals surface area (Å²) < 4.78 is 5.60. The molecule has 1 N–H and O–H groups in total. The molecule has 0 radical (unpaired) electrons. The van der Waals surface area contributed by atoms with E-state index in [1.54, 1.807) is 17.5 Å². The second-order valence-corrected chi connectivity index (χ2v) is 4.90. The number of aliphatic hydroxyl groups excluding tert-OH is 1. The Hall–Kier alpha value is -1.17. The van der Waals surface area contributed by atoms with Crippen LogP contribution in [-0.4, -0.2) is 28.3 Å². The molecule has 0 spiro atoms. The number of hydrogen-bond acceptors (Lipinski definition) is 5. The van der Waals surface area contributed by atoms with Crippen LogP contribution in [0.2, 0.25) is 5.28 Å². The van der Waals surface area contributed by atoms with E-state index in [9.17, 15) is 0 Å². The number of ether oxygens (including phenoxy) is 1. The minimum Gasteiger partial charge on any atom is -0.477 e. The highest BCUT2D eigenvalue weighted by atomic mass is 35.5. The lowest BCUT2D eigenvalue weighted by Gasteiger charge is -2.08. The Bertz CT molecular complexity index is 491. The number of thiophene rings is 1. The summed E-state index contributed by atoms with van der Waals surface area (Å²) in [6.45, 7) is 0.679. The quantitative estimate of drug-likeness (QED) is 0.654. The molecule has 0 aliphatic rings. The van der Waals surface area contributed by atoms with Crippen LogP contribution in [0.15, 0.2) is 23.7 Å². The average Bonchev–Trinajstić information content (AvgIpc) is 2.88. The van der Waals surface area contributed by atoms with E-state index in [4.69, 9.17) is 21.4 Å². The minimum absolute atomic E-state index is 0.172. The summed E-state index contributed by atoms with van der Waals surface area (Å²) in [5.74, 6) is 0.496. The average molecular weight is 285 g/mol. The Morgan fingerprint density at radius 2 is 2.28 bits per heavy atom. The van der Waals surface area contributed by atoms with Gasteiger partial charge in [-0.3, -0.25) is 0 Å². The Morgan fingerprint density at radius 1 is 1.39 bits per heavy atom. The lowest BCUT2D eigenvalue weighted by molar-refractivity contribution is 0.249. The highest BCUT2D eigenvalue weighted by Gasteiger charge is 2.10. The van der Waals surface area contributed by atoms with E-state index in [1.807, 2.05) is 17.5 Å². The lowest BCUT2D eigenvalue weighted by Crippen LogP contribution is -2.02. The molecule has 0 unspecified atom stereocenters. The van der Waals surface area contributed by atoms with Crippen molar-refractivity contribution in [3.05, 3.63) is 29.0 Å². The van der Waals surface area contributed by atoms with E-state index in [2.05, 4.69) is 9.97 Å².